The highest BCUT2D eigenvalue weighted by Crippen LogP contribution is 2.38. The van der Waals surface area contributed by atoms with E-state index in [-0.39, 0.29) is 29.7 Å². The van der Waals surface area contributed by atoms with Crippen LogP contribution in [0.3, 0.4) is 0 Å². The normalized spacial score (nSPS) is 16.6. The Hall–Kier alpha value is -2.89. The molecule has 0 radical (unpaired) electrons. The third-order valence-electron chi connectivity index (χ3n) is 5.51. The number of hydrogen-bond donors (Lipinski definition) is 1. The summed E-state index contributed by atoms with van der Waals surface area (Å²) < 4.78 is 20.1. The zero-order valence-electron chi connectivity index (χ0n) is 18.7. The van der Waals surface area contributed by atoms with Gasteiger partial charge in [-0.25, -0.2) is 4.39 Å². The molecule has 0 fully saturated rings. The van der Waals surface area contributed by atoms with E-state index in [0.29, 0.717) is 25.1 Å². The smallest absolute Gasteiger partial charge is 0.261 e. The Labute approximate surface area is 183 Å². The van der Waals surface area contributed by atoms with Crippen molar-refractivity contribution in [2.45, 2.75) is 65.1 Å². The Morgan fingerprint density at radius 1 is 1.19 bits per heavy atom. The first kappa shape index (κ1) is 22.8. The van der Waals surface area contributed by atoms with E-state index in [4.69, 9.17) is 4.74 Å². The summed E-state index contributed by atoms with van der Waals surface area (Å²) >= 11 is 0. The van der Waals surface area contributed by atoms with Gasteiger partial charge in [0.25, 0.3) is 5.91 Å². The van der Waals surface area contributed by atoms with Gasteiger partial charge in [-0.15, -0.1) is 0 Å². The highest BCUT2D eigenvalue weighted by atomic mass is 19.1. The molecule has 0 spiro atoms. The van der Waals surface area contributed by atoms with Gasteiger partial charge in [-0.1, -0.05) is 32.0 Å². The number of ether oxygens (including phenoxy) is 1. The monoisotopic (exact) mass is 426 g/mol. The van der Waals surface area contributed by atoms with Crippen LogP contribution in [-0.2, 0) is 16.0 Å². The minimum Gasteiger partial charge on any atom is -0.481 e. The molecule has 2 atom stereocenters. The fourth-order valence-electron chi connectivity index (χ4n) is 4.04. The summed E-state index contributed by atoms with van der Waals surface area (Å²) in [5.41, 5.74) is 2.74. The van der Waals surface area contributed by atoms with Gasteiger partial charge >= 0.3 is 0 Å². The van der Waals surface area contributed by atoms with E-state index in [9.17, 15) is 14.0 Å². The highest BCUT2D eigenvalue weighted by Gasteiger charge is 2.32. The lowest BCUT2D eigenvalue weighted by molar-refractivity contribution is -0.133. The lowest BCUT2D eigenvalue weighted by atomic mass is 9.87. The second kappa shape index (κ2) is 9.94. The number of benzene rings is 2. The molecule has 0 saturated heterocycles. The molecule has 3 rings (SSSR count). The number of nitrogens with one attached hydrogen (secondary N) is 1. The summed E-state index contributed by atoms with van der Waals surface area (Å²) in [6, 6.07) is 11.8. The van der Waals surface area contributed by atoms with Crippen LogP contribution in [0.2, 0.25) is 0 Å². The first-order chi connectivity index (χ1) is 14.8. The molecule has 1 heterocycles. The molecule has 0 bridgehead atoms. The third-order valence-corrected chi connectivity index (χ3v) is 5.51. The SMILES string of the molecule is CCC(=O)N1CCc2ccc(O[C@H](CC)C(=O)NC(C)C)cc2[C@H]1c1cccc(F)c1. The lowest BCUT2D eigenvalue weighted by Gasteiger charge is -2.38. The van der Waals surface area contributed by atoms with Crippen LogP contribution in [0.4, 0.5) is 4.39 Å². The second-order valence-electron chi connectivity index (χ2n) is 8.19. The molecule has 2 amide bonds. The van der Waals surface area contributed by atoms with Gasteiger partial charge in [-0.2, -0.15) is 0 Å². The van der Waals surface area contributed by atoms with Crippen LogP contribution in [0.15, 0.2) is 42.5 Å². The van der Waals surface area contributed by atoms with Crippen LogP contribution in [0.1, 0.15) is 63.3 Å². The predicted octanol–water partition coefficient (Wildman–Crippen LogP) is 4.39. The number of carbonyl (C=O) groups is 2. The number of halogens is 1. The molecule has 31 heavy (non-hydrogen) atoms. The molecule has 2 aromatic carbocycles. The molecule has 0 aromatic heterocycles. The van der Waals surface area contributed by atoms with E-state index in [1.54, 1.807) is 6.07 Å². The van der Waals surface area contributed by atoms with Crippen LogP contribution in [0.25, 0.3) is 0 Å². The quantitative estimate of drug-likeness (QED) is 0.714. The van der Waals surface area contributed by atoms with Crippen molar-refractivity contribution in [2.75, 3.05) is 6.54 Å². The molecular formula is C25H31FN2O3. The van der Waals surface area contributed by atoms with Crippen LogP contribution in [0.5, 0.6) is 5.75 Å². The summed E-state index contributed by atoms with van der Waals surface area (Å²) in [7, 11) is 0. The Balaban J connectivity index is 1.98. The zero-order valence-corrected chi connectivity index (χ0v) is 18.7. The zero-order chi connectivity index (χ0) is 22.5. The maximum atomic E-state index is 14.0. The van der Waals surface area contributed by atoms with Crippen molar-refractivity contribution in [1.29, 1.82) is 0 Å². The number of amides is 2. The Bertz CT molecular complexity index is 944. The highest BCUT2D eigenvalue weighted by molar-refractivity contribution is 5.81. The standard InChI is InChI=1S/C25H31FN2O3/c1-5-22(25(30)27-16(3)4)31-20-11-10-17-12-13-28(23(29)6-2)24(21(17)15-20)18-8-7-9-19(26)14-18/h7-11,14-16,22,24H,5-6,12-13H2,1-4H3,(H,27,30)/t22-,24-/m1/s1. The molecule has 6 heteroatoms. The van der Waals surface area contributed by atoms with Gasteiger partial charge in [0.15, 0.2) is 6.10 Å². The van der Waals surface area contributed by atoms with E-state index < -0.39 is 6.10 Å². The lowest BCUT2D eigenvalue weighted by Crippen LogP contribution is -2.41. The maximum absolute atomic E-state index is 14.0. The number of fused-ring (bicyclic) bond motifs is 1. The molecule has 0 saturated carbocycles. The van der Waals surface area contributed by atoms with E-state index in [1.807, 2.05) is 56.9 Å². The summed E-state index contributed by atoms with van der Waals surface area (Å²) in [5, 5.41) is 2.89. The maximum Gasteiger partial charge on any atom is 0.261 e. The number of nitrogens with zero attached hydrogens (tertiary/aromatic N) is 1. The van der Waals surface area contributed by atoms with Crippen molar-refractivity contribution in [3.63, 3.8) is 0 Å². The van der Waals surface area contributed by atoms with Gasteiger partial charge in [-0.3, -0.25) is 9.59 Å². The molecular weight excluding hydrogens is 395 g/mol. The Morgan fingerprint density at radius 2 is 1.97 bits per heavy atom. The third kappa shape index (κ3) is 5.24. The van der Waals surface area contributed by atoms with E-state index >= 15 is 0 Å². The van der Waals surface area contributed by atoms with E-state index in [2.05, 4.69) is 5.32 Å². The number of hydrogen-bond acceptors (Lipinski definition) is 3. The van der Waals surface area contributed by atoms with Gasteiger partial charge < -0.3 is 15.0 Å². The minimum absolute atomic E-state index is 0.0222. The summed E-state index contributed by atoms with van der Waals surface area (Å²) in [5.74, 6) is 0.0997. The van der Waals surface area contributed by atoms with Gasteiger partial charge in [0.05, 0.1) is 6.04 Å². The average molecular weight is 427 g/mol. The fourth-order valence-corrected chi connectivity index (χ4v) is 4.04. The van der Waals surface area contributed by atoms with Gasteiger partial charge in [0, 0.05) is 19.0 Å². The van der Waals surface area contributed by atoms with Crippen LogP contribution >= 0.6 is 0 Å². The van der Waals surface area contributed by atoms with Crippen molar-refractivity contribution in [1.82, 2.24) is 10.2 Å². The predicted molar refractivity (Wildman–Crippen MR) is 118 cm³/mol. The topological polar surface area (TPSA) is 58.6 Å². The fraction of sp³-hybridized carbons (Fsp3) is 0.440. The van der Waals surface area contributed by atoms with Crippen LogP contribution in [0, 0.1) is 5.82 Å². The molecule has 0 aliphatic carbocycles. The molecule has 2 aromatic rings. The minimum atomic E-state index is -0.606. The second-order valence-corrected chi connectivity index (χ2v) is 8.19. The summed E-state index contributed by atoms with van der Waals surface area (Å²) in [6.45, 7) is 8.13. The number of rotatable bonds is 7. The molecule has 0 unspecified atom stereocenters. The molecule has 5 nitrogen and oxygen atoms in total. The number of carbonyl (C=O) groups excluding carboxylic acids is 2. The summed E-state index contributed by atoms with van der Waals surface area (Å²) in [4.78, 5) is 27.0. The Morgan fingerprint density at radius 3 is 2.61 bits per heavy atom. The van der Waals surface area contributed by atoms with Gasteiger partial charge in [0.2, 0.25) is 5.91 Å². The van der Waals surface area contributed by atoms with Gasteiger partial charge in [0.1, 0.15) is 11.6 Å². The first-order valence-corrected chi connectivity index (χ1v) is 11.0. The van der Waals surface area contributed by atoms with Crippen molar-refractivity contribution in [2.24, 2.45) is 0 Å². The van der Waals surface area contributed by atoms with Gasteiger partial charge in [-0.05, 0) is 67.6 Å². The largest absolute Gasteiger partial charge is 0.481 e. The van der Waals surface area contributed by atoms with E-state index in [1.165, 1.54) is 12.1 Å². The van der Waals surface area contributed by atoms with Crippen molar-refractivity contribution >= 4 is 11.8 Å². The molecule has 1 N–H and O–H groups in total. The van der Waals surface area contributed by atoms with Crippen LogP contribution in [-0.4, -0.2) is 35.4 Å². The molecule has 1 aliphatic heterocycles. The van der Waals surface area contributed by atoms with Crippen LogP contribution < -0.4 is 10.1 Å². The summed E-state index contributed by atoms with van der Waals surface area (Å²) in [6.07, 6.45) is 1.02. The molecule has 1 aliphatic rings. The van der Waals surface area contributed by atoms with Crippen molar-refractivity contribution in [3.05, 3.63) is 65.0 Å². The van der Waals surface area contributed by atoms with E-state index in [0.717, 1.165) is 23.1 Å². The molecule has 166 valence electrons. The Kier molecular flexibility index (Phi) is 7.31. The van der Waals surface area contributed by atoms with Crippen molar-refractivity contribution < 1.29 is 18.7 Å². The average Bonchev–Trinajstić information content (AvgIpc) is 2.75. The van der Waals surface area contributed by atoms with Crippen molar-refractivity contribution in [3.8, 4) is 5.75 Å². The first-order valence-electron chi connectivity index (χ1n) is 11.0.